The van der Waals surface area contributed by atoms with Gasteiger partial charge in [-0.3, -0.25) is 4.79 Å². The lowest BCUT2D eigenvalue weighted by molar-refractivity contribution is -0.166. The molecule has 3 aromatic carbocycles. The molecule has 0 radical (unpaired) electrons. The Balaban J connectivity index is 1.58. The first-order chi connectivity index (χ1) is 20.3. The van der Waals surface area contributed by atoms with Crippen LogP contribution in [-0.2, 0) is 34.1 Å². The Morgan fingerprint density at radius 1 is 0.857 bits per heavy atom. The summed E-state index contributed by atoms with van der Waals surface area (Å²) >= 11 is 0. The van der Waals surface area contributed by atoms with Crippen LogP contribution in [0.2, 0.25) is 0 Å². The van der Waals surface area contributed by atoms with Crippen molar-refractivity contribution in [3.63, 3.8) is 0 Å². The number of hydrogen-bond acceptors (Lipinski definition) is 9. The number of Topliss-reactive ketones (excluding diaryl/α,β-unsaturated/α-hetero) is 1. The molecule has 0 aliphatic carbocycles. The Morgan fingerprint density at radius 2 is 1.40 bits per heavy atom. The van der Waals surface area contributed by atoms with E-state index in [1.165, 1.54) is 6.92 Å². The molecule has 42 heavy (non-hydrogen) atoms. The number of carbonyl (C=O) groups excluding carboxylic acids is 2. The molecular formula is C32H37BO9. The minimum atomic E-state index is -1.07. The number of esters is 1. The maximum atomic E-state index is 11.9. The number of methoxy groups -OCH3 is 2. The SMILES string of the molecule is B[C@@H]1O[C@H](COC(c2ccccc2)(c2ccc(OC)cc2)c2ccc(OC)cc2)C(O)C1OCOC(=O)CCC(C)=O. The third-order valence-corrected chi connectivity index (χ3v) is 7.37. The van der Waals surface area contributed by atoms with Gasteiger partial charge in [-0.05, 0) is 47.9 Å². The molecule has 1 N–H and O–H groups in total. The van der Waals surface area contributed by atoms with E-state index >= 15 is 0 Å². The maximum Gasteiger partial charge on any atom is 0.308 e. The van der Waals surface area contributed by atoms with E-state index < -0.39 is 35.9 Å². The number of rotatable bonds is 14. The average Bonchev–Trinajstić information content (AvgIpc) is 3.29. The summed E-state index contributed by atoms with van der Waals surface area (Å²) in [5.41, 5.74) is 1.51. The molecule has 1 fully saturated rings. The van der Waals surface area contributed by atoms with E-state index in [1.807, 2.05) is 78.9 Å². The molecule has 0 spiro atoms. The van der Waals surface area contributed by atoms with Crippen LogP contribution in [0.5, 0.6) is 11.5 Å². The van der Waals surface area contributed by atoms with Crippen LogP contribution in [-0.4, -0.2) is 76.6 Å². The fourth-order valence-corrected chi connectivity index (χ4v) is 5.10. The van der Waals surface area contributed by atoms with Gasteiger partial charge in [0, 0.05) is 6.42 Å². The second-order valence-electron chi connectivity index (χ2n) is 10.2. The number of aliphatic hydroxyl groups is 1. The Kier molecular flexibility index (Phi) is 10.8. The predicted molar refractivity (Wildman–Crippen MR) is 157 cm³/mol. The van der Waals surface area contributed by atoms with Crippen molar-refractivity contribution in [3.05, 3.63) is 95.6 Å². The van der Waals surface area contributed by atoms with Crippen LogP contribution >= 0.6 is 0 Å². The van der Waals surface area contributed by atoms with Gasteiger partial charge in [0.05, 0.1) is 33.3 Å². The quantitative estimate of drug-likeness (QED) is 0.134. The Hall–Kier alpha value is -3.70. The Labute approximate surface area is 247 Å². The number of aliphatic hydroxyl groups excluding tert-OH is 1. The van der Waals surface area contributed by atoms with Crippen molar-refractivity contribution in [2.45, 2.75) is 49.7 Å². The summed E-state index contributed by atoms with van der Waals surface area (Å²) in [6, 6.07) is 24.7. The van der Waals surface area contributed by atoms with Crippen LogP contribution in [0.1, 0.15) is 36.5 Å². The second-order valence-corrected chi connectivity index (χ2v) is 10.2. The van der Waals surface area contributed by atoms with Crippen molar-refractivity contribution in [1.82, 2.24) is 0 Å². The Morgan fingerprint density at radius 3 is 1.93 bits per heavy atom. The summed E-state index contributed by atoms with van der Waals surface area (Å²) in [6.07, 6.45) is -2.43. The highest BCUT2D eigenvalue weighted by Gasteiger charge is 2.45. The second kappa shape index (κ2) is 14.5. The van der Waals surface area contributed by atoms with Gasteiger partial charge in [-0.25, -0.2) is 0 Å². The summed E-state index contributed by atoms with van der Waals surface area (Å²) in [4.78, 5) is 23.0. The molecule has 1 saturated heterocycles. The van der Waals surface area contributed by atoms with Crippen LogP contribution in [0.3, 0.4) is 0 Å². The minimum Gasteiger partial charge on any atom is -0.497 e. The third kappa shape index (κ3) is 7.20. The van der Waals surface area contributed by atoms with E-state index in [1.54, 1.807) is 22.1 Å². The molecule has 0 amide bonds. The zero-order valence-electron chi connectivity index (χ0n) is 24.4. The van der Waals surface area contributed by atoms with Gasteiger partial charge >= 0.3 is 5.97 Å². The van der Waals surface area contributed by atoms with Crippen molar-refractivity contribution in [3.8, 4) is 11.5 Å². The van der Waals surface area contributed by atoms with Gasteiger partial charge in [-0.1, -0.05) is 54.6 Å². The lowest BCUT2D eigenvalue weighted by Gasteiger charge is -2.37. The van der Waals surface area contributed by atoms with E-state index in [0.29, 0.717) is 11.5 Å². The summed E-state index contributed by atoms with van der Waals surface area (Å²) in [6.45, 7) is 1.08. The highest BCUT2D eigenvalue weighted by Crippen LogP contribution is 2.42. The topological polar surface area (TPSA) is 110 Å². The van der Waals surface area contributed by atoms with Crippen LogP contribution in [0.25, 0.3) is 0 Å². The van der Waals surface area contributed by atoms with Gasteiger partial charge in [0.1, 0.15) is 49.0 Å². The van der Waals surface area contributed by atoms with Crippen molar-refractivity contribution in [2.75, 3.05) is 27.6 Å². The first-order valence-electron chi connectivity index (χ1n) is 13.9. The number of carbonyl (C=O) groups is 2. The standard InChI is InChI=1S/C32H37BO9/c1-21(34)9-18-28(35)39-20-40-30-29(36)27(42-31(30)33)19-41-32(22-7-5-4-6-8-22,23-10-14-25(37-2)15-11-23)24-12-16-26(38-3)17-13-24/h4-8,10-17,27,29-31,36H,9,18-20,33H2,1-3H3/t27-,29?,30?,31-/m1/s1. The number of ether oxygens (including phenoxy) is 6. The summed E-state index contributed by atoms with van der Waals surface area (Å²) in [5.74, 6) is 0.777. The van der Waals surface area contributed by atoms with Gasteiger partial charge in [-0.15, -0.1) is 0 Å². The monoisotopic (exact) mass is 576 g/mol. The Bertz CT molecular complexity index is 1250. The van der Waals surface area contributed by atoms with Crippen LogP contribution in [0, 0.1) is 0 Å². The summed E-state index contributed by atoms with van der Waals surface area (Å²) in [7, 11) is 5.01. The molecule has 1 aliphatic rings. The van der Waals surface area contributed by atoms with Crippen molar-refractivity contribution in [2.24, 2.45) is 0 Å². The van der Waals surface area contributed by atoms with Crippen LogP contribution in [0.4, 0.5) is 0 Å². The molecule has 9 nitrogen and oxygen atoms in total. The van der Waals surface area contributed by atoms with Crippen LogP contribution < -0.4 is 9.47 Å². The summed E-state index contributed by atoms with van der Waals surface area (Å²) in [5, 5.41) is 11.2. The van der Waals surface area contributed by atoms with E-state index in [2.05, 4.69) is 0 Å². The van der Waals surface area contributed by atoms with Crippen molar-refractivity contribution in [1.29, 1.82) is 0 Å². The molecule has 4 atom stereocenters. The van der Waals surface area contributed by atoms with Crippen molar-refractivity contribution >= 4 is 19.6 Å². The fraction of sp³-hybridized carbons (Fsp3) is 0.375. The molecule has 2 unspecified atom stereocenters. The summed E-state index contributed by atoms with van der Waals surface area (Å²) < 4.78 is 34.5. The average molecular weight is 576 g/mol. The first-order valence-corrected chi connectivity index (χ1v) is 13.9. The first kappa shape index (κ1) is 31.2. The van der Waals surface area contributed by atoms with E-state index in [9.17, 15) is 14.7 Å². The smallest absolute Gasteiger partial charge is 0.308 e. The van der Waals surface area contributed by atoms with E-state index in [0.717, 1.165) is 16.7 Å². The highest BCUT2D eigenvalue weighted by atomic mass is 16.7. The van der Waals surface area contributed by atoms with Gasteiger partial charge < -0.3 is 38.3 Å². The lowest BCUT2D eigenvalue weighted by Crippen LogP contribution is -2.40. The molecule has 1 aliphatic heterocycles. The van der Waals surface area contributed by atoms with Crippen molar-refractivity contribution < 1.29 is 43.1 Å². The van der Waals surface area contributed by atoms with E-state index in [-0.39, 0.29) is 32.0 Å². The van der Waals surface area contributed by atoms with Gasteiger partial charge in [0.2, 0.25) is 0 Å². The van der Waals surface area contributed by atoms with Crippen LogP contribution in [0.15, 0.2) is 78.9 Å². The fourth-order valence-electron chi connectivity index (χ4n) is 5.10. The number of ketones is 1. The highest BCUT2D eigenvalue weighted by molar-refractivity contribution is 6.11. The normalized spacial score (nSPS) is 20.2. The number of benzene rings is 3. The maximum absolute atomic E-state index is 11.9. The molecule has 1 heterocycles. The predicted octanol–water partition coefficient (Wildman–Crippen LogP) is 2.99. The zero-order chi connectivity index (χ0) is 30.1. The molecule has 10 heteroatoms. The zero-order valence-corrected chi connectivity index (χ0v) is 24.4. The molecule has 222 valence electrons. The lowest BCUT2D eigenvalue weighted by atomic mass is 9.80. The van der Waals surface area contributed by atoms with Gasteiger partial charge in [0.15, 0.2) is 6.79 Å². The number of hydrogen-bond donors (Lipinski definition) is 1. The molecule has 0 aromatic heterocycles. The molecule has 3 aromatic rings. The molecule has 0 saturated carbocycles. The molecule has 4 rings (SSSR count). The molecular weight excluding hydrogens is 539 g/mol. The van der Waals surface area contributed by atoms with E-state index in [4.69, 9.17) is 28.4 Å². The molecule has 0 bridgehead atoms. The third-order valence-electron chi connectivity index (χ3n) is 7.37. The largest absolute Gasteiger partial charge is 0.497 e. The van der Waals surface area contributed by atoms with Gasteiger partial charge in [-0.2, -0.15) is 0 Å². The van der Waals surface area contributed by atoms with Gasteiger partial charge in [0.25, 0.3) is 0 Å². The minimum absolute atomic E-state index is 0.0211.